The first-order chi connectivity index (χ1) is 10.8. The van der Waals surface area contributed by atoms with Gasteiger partial charge in [0.15, 0.2) is 0 Å². The van der Waals surface area contributed by atoms with Crippen molar-refractivity contribution < 1.29 is 9.47 Å². The molecule has 0 spiro atoms. The first kappa shape index (κ1) is 15.3. The van der Waals surface area contributed by atoms with Crippen LogP contribution in [0.4, 0.5) is 5.00 Å². The minimum absolute atomic E-state index is 0.709. The zero-order chi connectivity index (χ0) is 15.2. The van der Waals surface area contributed by atoms with Crippen molar-refractivity contribution in [2.45, 2.75) is 0 Å². The Labute approximate surface area is 134 Å². The zero-order valence-corrected chi connectivity index (χ0v) is 13.6. The van der Waals surface area contributed by atoms with Gasteiger partial charge in [0.2, 0.25) is 0 Å². The van der Waals surface area contributed by atoms with Crippen molar-refractivity contribution in [3.05, 3.63) is 30.5 Å². The summed E-state index contributed by atoms with van der Waals surface area (Å²) in [7, 11) is 1.91. The van der Waals surface area contributed by atoms with Gasteiger partial charge < -0.3 is 14.8 Å². The summed E-state index contributed by atoms with van der Waals surface area (Å²) < 4.78 is 11.2. The smallest absolute Gasteiger partial charge is 0.125 e. The molecule has 0 radical (unpaired) electrons. The number of anilines is 1. The molecular weight excluding hydrogens is 298 g/mol. The van der Waals surface area contributed by atoms with Crippen molar-refractivity contribution in [1.82, 2.24) is 9.88 Å². The first-order valence-electron chi connectivity index (χ1n) is 7.52. The normalized spacial score (nSPS) is 15.7. The Kier molecular flexibility index (Phi) is 5.26. The molecule has 1 fully saturated rings. The van der Waals surface area contributed by atoms with Crippen LogP contribution >= 0.6 is 11.3 Å². The molecule has 0 saturated carbocycles. The molecule has 1 aliphatic heterocycles. The van der Waals surface area contributed by atoms with Crippen molar-refractivity contribution in [2.24, 2.45) is 0 Å². The predicted octanol–water partition coefficient (Wildman–Crippen LogP) is 2.56. The predicted molar refractivity (Wildman–Crippen MR) is 89.9 cm³/mol. The summed E-state index contributed by atoms with van der Waals surface area (Å²) in [5, 5.41) is 5.19. The third kappa shape index (κ3) is 3.97. The average molecular weight is 319 g/mol. The van der Waals surface area contributed by atoms with E-state index in [0.717, 1.165) is 54.2 Å². The van der Waals surface area contributed by atoms with Crippen molar-refractivity contribution in [3.63, 3.8) is 0 Å². The number of nitrogens with one attached hydrogen (secondary N) is 1. The van der Waals surface area contributed by atoms with E-state index < -0.39 is 0 Å². The molecule has 2 aromatic rings. The molecule has 1 aliphatic rings. The summed E-state index contributed by atoms with van der Waals surface area (Å²) in [6, 6.07) is 8.13. The summed E-state index contributed by atoms with van der Waals surface area (Å²) in [4.78, 5) is 6.77. The Hall–Kier alpha value is -1.63. The van der Waals surface area contributed by atoms with Gasteiger partial charge in [-0.05, 0) is 24.3 Å². The molecule has 0 aliphatic carbocycles. The van der Waals surface area contributed by atoms with Crippen LogP contribution in [0.5, 0.6) is 5.75 Å². The summed E-state index contributed by atoms with van der Waals surface area (Å²) in [6.07, 6.45) is 1.85. The molecule has 6 heteroatoms. The minimum Gasteiger partial charge on any atom is -0.492 e. The Morgan fingerprint density at radius 3 is 2.73 bits per heavy atom. The highest BCUT2D eigenvalue weighted by Crippen LogP contribution is 2.29. The molecule has 3 rings (SSSR count). The van der Waals surface area contributed by atoms with E-state index in [4.69, 9.17) is 9.47 Å². The maximum absolute atomic E-state index is 5.81. The van der Waals surface area contributed by atoms with E-state index in [-0.39, 0.29) is 0 Å². The van der Waals surface area contributed by atoms with Gasteiger partial charge in [-0.15, -0.1) is 0 Å². The lowest BCUT2D eigenvalue weighted by molar-refractivity contribution is 0.0322. The molecule has 0 unspecified atom stereocenters. The molecule has 1 N–H and O–H groups in total. The lowest BCUT2D eigenvalue weighted by Gasteiger charge is -2.26. The molecule has 1 aromatic heterocycles. The third-order valence-corrected chi connectivity index (χ3v) is 4.70. The lowest BCUT2D eigenvalue weighted by atomic mass is 10.2. The quantitative estimate of drug-likeness (QED) is 0.887. The SMILES string of the molecule is CNc1cnc(-c2ccc(OCCN3CCOCC3)cc2)s1. The van der Waals surface area contributed by atoms with E-state index in [1.165, 1.54) is 0 Å². The zero-order valence-electron chi connectivity index (χ0n) is 12.7. The standard InChI is InChI=1S/C16H21N3O2S/c1-17-15-12-18-16(22-15)13-2-4-14(5-3-13)21-11-8-19-6-9-20-10-7-19/h2-5,12,17H,6-11H2,1H3. The van der Waals surface area contributed by atoms with Crippen molar-refractivity contribution >= 4 is 16.3 Å². The summed E-state index contributed by atoms with van der Waals surface area (Å²) in [5.74, 6) is 0.905. The third-order valence-electron chi connectivity index (χ3n) is 3.63. The van der Waals surface area contributed by atoms with E-state index in [0.29, 0.717) is 6.61 Å². The molecule has 0 atom stereocenters. The summed E-state index contributed by atoms with van der Waals surface area (Å²) >= 11 is 1.65. The van der Waals surface area contributed by atoms with Gasteiger partial charge in [-0.2, -0.15) is 0 Å². The number of morpholine rings is 1. The van der Waals surface area contributed by atoms with Gasteiger partial charge in [0.05, 0.1) is 19.4 Å². The Balaban J connectivity index is 1.50. The van der Waals surface area contributed by atoms with Crippen molar-refractivity contribution in [1.29, 1.82) is 0 Å². The van der Waals surface area contributed by atoms with Gasteiger partial charge in [0.25, 0.3) is 0 Å². The number of benzene rings is 1. The maximum Gasteiger partial charge on any atom is 0.125 e. The molecule has 1 saturated heterocycles. The van der Waals surface area contributed by atoms with E-state index in [2.05, 4.69) is 27.3 Å². The Morgan fingerprint density at radius 2 is 2.05 bits per heavy atom. The second kappa shape index (κ2) is 7.58. The summed E-state index contributed by atoms with van der Waals surface area (Å²) in [5.41, 5.74) is 1.12. The van der Waals surface area contributed by atoms with Crippen LogP contribution in [0.2, 0.25) is 0 Å². The van der Waals surface area contributed by atoms with Crippen LogP contribution in [0.3, 0.4) is 0 Å². The molecular formula is C16H21N3O2S. The van der Waals surface area contributed by atoms with Crippen LogP contribution in [0.25, 0.3) is 10.6 Å². The fraction of sp³-hybridized carbons (Fsp3) is 0.438. The van der Waals surface area contributed by atoms with Crippen LogP contribution in [0.15, 0.2) is 30.5 Å². The highest BCUT2D eigenvalue weighted by Gasteiger charge is 2.10. The van der Waals surface area contributed by atoms with E-state index >= 15 is 0 Å². The number of nitrogens with zero attached hydrogens (tertiary/aromatic N) is 2. The van der Waals surface area contributed by atoms with Crippen LogP contribution in [-0.4, -0.2) is 56.4 Å². The van der Waals surface area contributed by atoms with Crippen molar-refractivity contribution in [2.75, 3.05) is 51.8 Å². The minimum atomic E-state index is 0.709. The van der Waals surface area contributed by atoms with Gasteiger partial charge >= 0.3 is 0 Å². The number of aromatic nitrogens is 1. The first-order valence-corrected chi connectivity index (χ1v) is 8.34. The summed E-state index contributed by atoms with van der Waals surface area (Å²) in [6.45, 7) is 5.32. The van der Waals surface area contributed by atoms with Crippen molar-refractivity contribution in [3.8, 4) is 16.3 Å². The van der Waals surface area contributed by atoms with Gasteiger partial charge in [0.1, 0.15) is 22.4 Å². The van der Waals surface area contributed by atoms with Crippen LogP contribution < -0.4 is 10.1 Å². The molecule has 0 bridgehead atoms. The molecule has 5 nitrogen and oxygen atoms in total. The van der Waals surface area contributed by atoms with Crippen LogP contribution in [-0.2, 0) is 4.74 Å². The number of thiazole rings is 1. The van der Waals surface area contributed by atoms with Gasteiger partial charge in [-0.3, -0.25) is 4.90 Å². The number of hydrogen-bond donors (Lipinski definition) is 1. The Morgan fingerprint density at radius 1 is 1.27 bits per heavy atom. The molecule has 22 heavy (non-hydrogen) atoms. The van der Waals surface area contributed by atoms with E-state index in [9.17, 15) is 0 Å². The molecule has 0 amide bonds. The van der Waals surface area contributed by atoms with Crippen LogP contribution in [0.1, 0.15) is 0 Å². The molecule has 2 heterocycles. The van der Waals surface area contributed by atoms with Crippen LogP contribution in [0, 0.1) is 0 Å². The fourth-order valence-corrected chi connectivity index (χ4v) is 3.11. The Bertz CT molecular complexity index is 579. The largest absolute Gasteiger partial charge is 0.492 e. The maximum atomic E-state index is 5.81. The number of hydrogen-bond acceptors (Lipinski definition) is 6. The lowest BCUT2D eigenvalue weighted by Crippen LogP contribution is -2.38. The molecule has 118 valence electrons. The van der Waals surface area contributed by atoms with Gasteiger partial charge in [-0.1, -0.05) is 11.3 Å². The topological polar surface area (TPSA) is 46.6 Å². The van der Waals surface area contributed by atoms with E-state index in [1.54, 1.807) is 11.3 Å². The second-order valence-corrected chi connectivity index (χ2v) is 6.14. The highest BCUT2D eigenvalue weighted by molar-refractivity contribution is 7.18. The fourth-order valence-electron chi connectivity index (χ4n) is 2.33. The monoisotopic (exact) mass is 319 g/mol. The highest BCUT2D eigenvalue weighted by atomic mass is 32.1. The molecule has 1 aromatic carbocycles. The number of rotatable bonds is 6. The second-order valence-electron chi connectivity index (χ2n) is 5.11. The van der Waals surface area contributed by atoms with Gasteiger partial charge in [0, 0.05) is 32.2 Å². The van der Waals surface area contributed by atoms with E-state index in [1.807, 2.05) is 25.4 Å². The number of ether oxygens (including phenoxy) is 2. The average Bonchev–Trinajstić information content (AvgIpc) is 3.06. The van der Waals surface area contributed by atoms with Gasteiger partial charge in [-0.25, -0.2) is 4.98 Å².